The number of hydrogen-bond donors (Lipinski definition) is 1. The monoisotopic (exact) mass is 418 g/mol. The van der Waals surface area contributed by atoms with Gasteiger partial charge in [-0.2, -0.15) is 0 Å². The Morgan fingerprint density at radius 3 is 2.68 bits per heavy atom. The minimum absolute atomic E-state index is 0.0152. The van der Waals surface area contributed by atoms with Crippen molar-refractivity contribution >= 4 is 29.0 Å². The van der Waals surface area contributed by atoms with E-state index in [0.717, 1.165) is 22.7 Å². The van der Waals surface area contributed by atoms with Gasteiger partial charge in [-0.3, -0.25) is 9.69 Å². The van der Waals surface area contributed by atoms with Crippen LogP contribution in [-0.2, 0) is 11.3 Å². The van der Waals surface area contributed by atoms with Crippen molar-refractivity contribution in [3.63, 3.8) is 0 Å². The largest absolute Gasteiger partial charge is 0.382 e. The van der Waals surface area contributed by atoms with Crippen LogP contribution >= 0.6 is 23.1 Å². The summed E-state index contributed by atoms with van der Waals surface area (Å²) in [4.78, 5) is 18.7. The second-order valence-corrected chi connectivity index (χ2v) is 10.0. The Kier molecular flexibility index (Phi) is 7.20. The predicted octanol–water partition coefficient (Wildman–Crippen LogP) is 5.12. The Bertz CT molecular complexity index is 801. The molecule has 0 aliphatic carbocycles. The van der Waals surface area contributed by atoms with E-state index in [0.29, 0.717) is 18.6 Å². The predicted molar refractivity (Wildman–Crippen MR) is 118 cm³/mol. The van der Waals surface area contributed by atoms with Crippen LogP contribution < -0.4 is 5.32 Å². The maximum atomic E-state index is 13.0. The zero-order valence-electron chi connectivity index (χ0n) is 17.3. The second-order valence-electron chi connectivity index (χ2n) is 7.59. The molecule has 4 nitrogen and oxygen atoms in total. The first kappa shape index (κ1) is 21.4. The first-order chi connectivity index (χ1) is 13.4. The van der Waals surface area contributed by atoms with Crippen molar-refractivity contribution in [1.82, 2.24) is 10.2 Å². The molecule has 28 heavy (non-hydrogen) atoms. The lowest BCUT2D eigenvalue weighted by Gasteiger charge is -2.23. The maximum Gasteiger partial charge on any atom is 0.261 e. The third kappa shape index (κ3) is 4.62. The number of nitrogens with zero attached hydrogens (tertiary/aromatic N) is 1. The van der Waals surface area contributed by atoms with Crippen LogP contribution in [0.4, 0.5) is 0 Å². The van der Waals surface area contributed by atoms with Gasteiger partial charge in [0.05, 0.1) is 17.5 Å². The van der Waals surface area contributed by atoms with Gasteiger partial charge < -0.3 is 10.1 Å². The average molecular weight is 419 g/mol. The molecule has 3 rings (SSSR count). The number of carbonyl (C=O) groups is 1. The number of benzene rings is 1. The van der Waals surface area contributed by atoms with Crippen LogP contribution in [0.15, 0.2) is 35.2 Å². The number of methoxy groups -OCH3 is 1. The van der Waals surface area contributed by atoms with Crippen molar-refractivity contribution in [1.29, 1.82) is 0 Å². The van der Waals surface area contributed by atoms with Crippen LogP contribution in [0.25, 0.3) is 0 Å². The summed E-state index contributed by atoms with van der Waals surface area (Å²) in [6.07, 6.45) is 0. The van der Waals surface area contributed by atoms with Crippen LogP contribution in [0.3, 0.4) is 0 Å². The van der Waals surface area contributed by atoms with Crippen molar-refractivity contribution in [2.24, 2.45) is 5.92 Å². The zero-order chi connectivity index (χ0) is 20.3. The van der Waals surface area contributed by atoms with E-state index in [-0.39, 0.29) is 11.9 Å². The summed E-state index contributed by atoms with van der Waals surface area (Å²) in [5, 5.41) is 3.17. The van der Waals surface area contributed by atoms with Crippen molar-refractivity contribution in [2.45, 2.75) is 44.3 Å². The van der Waals surface area contributed by atoms with Crippen molar-refractivity contribution in [3.8, 4) is 0 Å². The topological polar surface area (TPSA) is 41.6 Å². The summed E-state index contributed by atoms with van der Waals surface area (Å²) in [7, 11) is 3.83. The van der Waals surface area contributed by atoms with E-state index in [1.807, 2.05) is 11.8 Å². The number of nitrogens with one attached hydrogen (secondary N) is 1. The minimum Gasteiger partial charge on any atom is -0.382 e. The molecule has 2 atom stereocenters. The van der Waals surface area contributed by atoms with E-state index in [1.54, 1.807) is 18.4 Å². The molecule has 6 heteroatoms. The Labute approximate surface area is 176 Å². The zero-order valence-corrected chi connectivity index (χ0v) is 19.0. The summed E-state index contributed by atoms with van der Waals surface area (Å²) < 4.78 is 5.37. The van der Waals surface area contributed by atoms with Crippen molar-refractivity contribution in [2.75, 3.05) is 26.5 Å². The first-order valence-corrected chi connectivity index (χ1v) is 11.6. The molecule has 0 saturated carbocycles. The van der Waals surface area contributed by atoms with Gasteiger partial charge in [0.2, 0.25) is 0 Å². The van der Waals surface area contributed by atoms with Gasteiger partial charge in [0.15, 0.2) is 0 Å². The molecule has 1 aromatic heterocycles. The quantitative estimate of drug-likeness (QED) is 0.604. The Morgan fingerprint density at radius 1 is 1.36 bits per heavy atom. The van der Waals surface area contributed by atoms with Crippen LogP contribution in [0.5, 0.6) is 0 Å². The molecule has 1 amide bonds. The normalized spacial score (nSPS) is 17.7. The van der Waals surface area contributed by atoms with E-state index in [9.17, 15) is 4.79 Å². The third-order valence-electron chi connectivity index (χ3n) is 5.09. The summed E-state index contributed by atoms with van der Waals surface area (Å²) in [6.45, 7) is 8.00. The molecule has 1 aromatic carbocycles. The van der Waals surface area contributed by atoms with Gasteiger partial charge in [0, 0.05) is 29.5 Å². The van der Waals surface area contributed by atoms with E-state index >= 15 is 0 Å². The maximum absolute atomic E-state index is 13.0. The molecule has 2 heterocycles. The Balaban J connectivity index is 1.75. The number of hydrogen-bond acceptors (Lipinski definition) is 5. The lowest BCUT2D eigenvalue weighted by atomic mass is 10.0. The lowest BCUT2D eigenvalue weighted by Crippen LogP contribution is -2.31. The van der Waals surface area contributed by atoms with Gasteiger partial charge in [0.1, 0.15) is 0 Å². The van der Waals surface area contributed by atoms with Gasteiger partial charge in [-0.1, -0.05) is 32.9 Å². The number of amides is 1. The SMILES string of the molecule is CCSc1ccc([C@H](COC)NC(=O)c2cc3c(s2)C(C(C)C)N(C)C3)cc1. The number of carbonyl (C=O) groups excluding carboxylic acids is 1. The van der Waals surface area contributed by atoms with E-state index in [2.05, 4.69) is 68.4 Å². The van der Waals surface area contributed by atoms with Crippen LogP contribution in [0.2, 0.25) is 0 Å². The third-order valence-corrected chi connectivity index (χ3v) is 7.23. The molecule has 0 spiro atoms. The van der Waals surface area contributed by atoms with Gasteiger partial charge in [-0.25, -0.2) is 0 Å². The first-order valence-electron chi connectivity index (χ1n) is 9.80. The summed E-state index contributed by atoms with van der Waals surface area (Å²) in [5.41, 5.74) is 2.36. The average Bonchev–Trinajstić information content (AvgIpc) is 3.18. The minimum atomic E-state index is -0.154. The molecular formula is C22H30N2O2S2. The second kappa shape index (κ2) is 9.44. The van der Waals surface area contributed by atoms with Gasteiger partial charge in [-0.15, -0.1) is 23.1 Å². The van der Waals surface area contributed by atoms with Crippen molar-refractivity contribution in [3.05, 3.63) is 51.2 Å². The highest BCUT2D eigenvalue weighted by Crippen LogP contribution is 2.42. The van der Waals surface area contributed by atoms with E-state index in [1.165, 1.54) is 15.3 Å². The van der Waals surface area contributed by atoms with Crippen LogP contribution in [-0.4, -0.2) is 37.3 Å². The van der Waals surface area contributed by atoms with Gasteiger partial charge in [-0.05, 0) is 48.0 Å². The van der Waals surface area contributed by atoms with Crippen molar-refractivity contribution < 1.29 is 9.53 Å². The highest BCUT2D eigenvalue weighted by Gasteiger charge is 2.33. The summed E-state index contributed by atoms with van der Waals surface area (Å²) >= 11 is 3.45. The molecule has 0 fully saturated rings. The number of rotatable bonds is 8. The molecule has 0 radical (unpaired) electrons. The molecule has 1 aliphatic heterocycles. The fourth-order valence-corrected chi connectivity index (χ4v) is 5.97. The van der Waals surface area contributed by atoms with Crippen LogP contribution in [0, 0.1) is 5.92 Å². The number of fused-ring (bicyclic) bond motifs is 1. The number of thiophene rings is 1. The number of ether oxygens (including phenoxy) is 1. The Morgan fingerprint density at radius 2 is 2.07 bits per heavy atom. The van der Waals surface area contributed by atoms with Gasteiger partial charge in [0.25, 0.3) is 5.91 Å². The standard InChI is InChI=1S/C22H30N2O2S2/c1-6-27-17-9-7-15(8-10-17)18(13-26-5)23-22(25)19-11-16-12-24(4)20(14(2)3)21(16)28-19/h7-11,14,18,20H,6,12-13H2,1-5H3,(H,23,25)/t18-,20?/m0/s1. The number of thioether (sulfide) groups is 1. The summed E-state index contributed by atoms with van der Waals surface area (Å²) in [5.74, 6) is 1.56. The molecule has 1 aliphatic rings. The molecule has 2 aromatic rings. The summed E-state index contributed by atoms with van der Waals surface area (Å²) in [6, 6.07) is 10.7. The molecular weight excluding hydrogens is 388 g/mol. The molecule has 1 N–H and O–H groups in total. The van der Waals surface area contributed by atoms with E-state index < -0.39 is 0 Å². The van der Waals surface area contributed by atoms with Crippen LogP contribution in [0.1, 0.15) is 58.5 Å². The highest BCUT2D eigenvalue weighted by atomic mass is 32.2. The van der Waals surface area contributed by atoms with Gasteiger partial charge >= 0.3 is 0 Å². The molecule has 1 unspecified atom stereocenters. The lowest BCUT2D eigenvalue weighted by molar-refractivity contribution is 0.0900. The highest BCUT2D eigenvalue weighted by molar-refractivity contribution is 7.99. The fraction of sp³-hybridized carbons (Fsp3) is 0.500. The van der Waals surface area contributed by atoms with E-state index in [4.69, 9.17) is 4.74 Å². The molecule has 152 valence electrons. The fourth-order valence-electron chi connectivity index (χ4n) is 3.89. The Hall–Kier alpha value is -1.34. The molecule has 0 bridgehead atoms. The molecule has 0 saturated heterocycles. The smallest absolute Gasteiger partial charge is 0.261 e.